The molecule has 4 aliphatic carbocycles. The number of allylic oxidation sites excluding steroid dienone is 3. The summed E-state index contributed by atoms with van der Waals surface area (Å²) in [5, 5.41) is 33.3. The Morgan fingerprint density at radius 1 is 0.864 bits per heavy atom. The van der Waals surface area contributed by atoms with E-state index >= 15 is 0 Å². The molecule has 0 spiro atoms. The molecule has 0 unspecified atom stereocenters. The first-order valence-corrected chi connectivity index (χ1v) is 16.6. The fraction of sp³-hybridized carbons (Fsp3) is 0.667. The van der Waals surface area contributed by atoms with Crippen LogP contribution in [0, 0.1) is 28.6 Å². The van der Waals surface area contributed by atoms with Gasteiger partial charge >= 0.3 is 17.9 Å². The van der Waals surface area contributed by atoms with Gasteiger partial charge in [0.15, 0.2) is 0 Å². The van der Waals surface area contributed by atoms with Crippen molar-refractivity contribution in [1.29, 1.82) is 0 Å². The Morgan fingerprint density at radius 3 is 2.14 bits per heavy atom. The van der Waals surface area contributed by atoms with E-state index in [9.17, 15) is 9.90 Å². The van der Waals surface area contributed by atoms with Crippen LogP contribution in [-0.2, 0) is 14.4 Å². The Balaban J connectivity index is 0.000000246. The highest BCUT2D eigenvalue weighted by Gasteiger charge is 2.56. The molecule has 6 atom stereocenters. The lowest BCUT2D eigenvalue weighted by Gasteiger charge is -2.57. The molecule has 4 aliphatic rings. The maximum atomic E-state index is 10.2. The van der Waals surface area contributed by atoms with Gasteiger partial charge in [0.1, 0.15) is 0 Å². The average molecular weight is 612 g/mol. The molecule has 0 saturated heterocycles. The fourth-order valence-corrected chi connectivity index (χ4v) is 8.41. The van der Waals surface area contributed by atoms with E-state index < -0.39 is 17.9 Å². The van der Waals surface area contributed by atoms with E-state index in [0.717, 1.165) is 43.4 Å². The molecule has 0 aromatic carbocycles. The summed E-state index contributed by atoms with van der Waals surface area (Å²) in [6.45, 7) is 7.23. The van der Waals surface area contributed by atoms with Crippen molar-refractivity contribution in [1.82, 2.24) is 4.98 Å². The van der Waals surface area contributed by atoms with Gasteiger partial charge in [-0.1, -0.05) is 83.1 Å². The van der Waals surface area contributed by atoms with Crippen molar-refractivity contribution in [2.75, 3.05) is 0 Å². The van der Waals surface area contributed by atoms with Gasteiger partial charge in [-0.2, -0.15) is 0 Å². The molecule has 0 amide bonds. The van der Waals surface area contributed by atoms with Crippen LogP contribution in [0.3, 0.4) is 0 Å². The molecular formula is C36H53NO7. The summed E-state index contributed by atoms with van der Waals surface area (Å²) in [4.78, 5) is 32.7. The molecule has 1 aromatic rings. The fourth-order valence-electron chi connectivity index (χ4n) is 8.41. The molecule has 0 radical (unpaired) electrons. The summed E-state index contributed by atoms with van der Waals surface area (Å²) in [7, 11) is 0. The highest BCUT2D eigenvalue weighted by Crippen LogP contribution is 2.66. The first-order valence-electron chi connectivity index (χ1n) is 16.6. The topological polar surface area (TPSA) is 145 Å². The number of hydrogen-bond acceptors (Lipinski definition) is 5. The van der Waals surface area contributed by atoms with Crippen LogP contribution in [0.25, 0.3) is 5.57 Å². The molecule has 0 aliphatic heterocycles. The number of nitrogens with zero attached hydrogens (tertiary/aromatic N) is 1. The molecular weight excluding hydrogens is 558 g/mol. The van der Waals surface area contributed by atoms with E-state index in [1.165, 1.54) is 69.8 Å². The summed E-state index contributed by atoms with van der Waals surface area (Å²) >= 11 is 0. The molecule has 1 aromatic heterocycles. The van der Waals surface area contributed by atoms with E-state index in [1.54, 1.807) is 11.1 Å². The molecule has 1 heterocycles. The van der Waals surface area contributed by atoms with Gasteiger partial charge in [0.05, 0.1) is 6.10 Å². The van der Waals surface area contributed by atoms with Crippen molar-refractivity contribution in [3.05, 3.63) is 47.8 Å². The molecule has 4 N–H and O–H groups in total. The Hall–Kier alpha value is -3.00. The number of carboxylic acid groups (broad SMARTS) is 3. The lowest BCUT2D eigenvalue weighted by atomic mass is 9.47. The maximum absolute atomic E-state index is 10.2. The number of carboxylic acids is 3. The number of aliphatic hydroxyl groups excluding tert-OH is 1. The highest BCUT2D eigenvalue weighted by molar-refractivity contribution is 6.27. The smallest absolute Gasteiger partial charge is 0.414 e. The second kappa shape index (κ2) is 16.4. The van der Waals surface area contributed by atoms with Crippen LogP contribution in [-0.4, -0.2) is 49.4 Å². The second-order valence-corrected chi connectivity index (χ2v) is 13.6. The molecule has 5 rings (SSSR count). The summed E-state index contributed by atoms with van der Waals surface area (Å²) in [5.74, 6) is -1.95. The van der Waals surface area contributed by atoms with Crippen molar-refractivity contribution >= 4 is 23.5 Å². The normalized spacial score (nSPS) is 30.0. The quantitative estimate of drug-likeness (QED) is 0.126. The summed E-state index contributed by atoms with van der Waals surface area (Å²) < 4.78 is 0. The number of unbranched alkanes of at least 4 members (excludes halogenated alkanes) is 6. The van der Waals surface area contributed by atoms with Crippen molar-refractivity contribution < 1.29 is 34.8 Å². The maximum Gasteiger partial charge on any atom is 0.414 e. The summed E-state index contributed by atoms with van der Waals surface area (Å²) in [6, 6.07) is 4.31. The standard InChI is InChI=1S/C24H31NO.C10H20O2.C2H2O4/c1-23-11-9-18(26)14-17(23)5-6-19-21-8-7-20(16-4-3-13-25-15-16)24(21,2)12-10-22(19)23;1-2-3-4-5-6-7-8-9-10(11)12;3-1(4)2(5)6/h3-5,7,13,15,18-19,21-22,26H,6,8-12,14H2,1-2H3;2-9H2,1H3,(H,11,12);(H,3,4)(H,5,6)/t18-,19-,21-,22-,23-,24+;;/m0../s1. The van der Waals surface area contributed by atoms with Crippen LogP contribution < -0.4 is 0 Å². The van der Waals surface area contributed by atoms with E-state index in [0.29, 0.717) is 17.3 Å². The van der Waals surface area contributed by atoms with Crippen molar-refractivity contribution in [2.45, 2.75) is 123 Å². The molecule has 0 bridgehead atoms. The van der Waals surface area contributed by atoms with Gasteiger partial charge in [-0.3, -0.25) is 9.78 Å². The first-order chi connectivity index (χ1) is 20.9. The molecule has 8 nitrogen and oxygen atoms in total. The monoisotopic (exact) mass is 611 g/mol. The Kier molecular flexibility index (Phi) is 13.2. The third kappa shape index (κ3) is 8.80. The molecule has 8 heteroatoms. The van der Waals surface area contributed by atoms with Gasteiger partial charge in [-0.05, 0) is 97.2 Å². The van der Waals surface area contributed by atoms with Gasteiger partial charge < -0.3 is 20.4 Å². The summed E-state index contributed by atoms with van der Waals surface area (Å²) in [6.07, 6.45) is 25.7. The van der Waals surface area contributed by atoms with Crippen LogP contribution in [0.2, 0.25) is 0 Å². The number of hydrogen-bond donors (Lipinski definition) is 4. The van der Waals surface area contributed by atoms with Gasteiger partial charge in [-0.25, -0.2) is 9.59 Å². The van der Waals surface area contributed by atoms with E-state index in [2.05, 4.69) is 50.0 Å². The van der Waals surface area contributed by atoms with Gasteiger partial charge in [0.2, 0.25) is 0 Å². The molecule has 2 fully saturated rings. The van der Waals surface area contributed by atoms with E-state index in [1.807, 2.05) is 12.4 Å². The minimum Gasteiger partial charge on any atom is -0.481 e. The number of aliphatic carboxylic acids is 3. The van der Waals surface area contributed by atoms with Crippen molar-refractivity contribution in [3.63, 3.8) is 0 Å². The highest BCUT2D eigenvalue weighted by atomic mass is 16.4. The largest absolute Gasteiger partial charge is 0.481 e. The minimum absolute atomic E-state index is 0.106. The molecule has 44 heavy (non-hydrogen) atoms. The van der Waals surface area contributed by atoms with Gasteiger partial charge in [-0.15, -0.1) is 0 Å². The number of fused-ring (bicyclic) bond motifs is 5. The van der Waals surface area contributed by atoms with Gasteiger partial charge in [0.25, 0.3) is 0 Å². The van der Waals surface area contributed by atoms with Crippen LogP contribution >= 0.6 is 0 Å². The predicted octanol–water partition coefficient (Wildman–Crippen LogP) is 7.77. The first kappa shape index (κ1) is 35.5. The number of pyridine rings is 1. The lowest BCUT2D eigenvalue weighted by molar-refractivity contribution is -0.159. The van der Waals surface area contributed by atoms with Crippen LogP contribution in [0.4, 0.5) is 0 Å². The van der Waals surface area contributed by atoms with Crippen LogP contribution in [0.5, 0.6) is 0 Å². The Labute approximate surface area is 262 Å². The third-order valence-electron chi connectivity index (χ3n) is 10.8. The Morgan fingerprint density at radius 2 is 1.52 bits per heavy atom. The zero-order valence-corrected chi connectivity index (χ0v) is 26.8. The lowest BCUT2D eigenvalue weighted by Crippen LogP contribution is -2.49. The van der Waals surface area contributed by atoms with Crippen LogP contribution in [0.15, 0.2) is 42.3 Å². The molecule has 2 saturated carbocycles. The van der Waals surface area contributed by atoms with Crippen molar-refractivity contribution in [2.24, 2.45) is 28.6 Å². The zero-order valence-electron chi connectivity index (χ0n) is 26.8. The number of rotatable bonds is 9. The average Bonchev–Trinajstić information content (AvgIpc) is 3.35. The van der Waals surface area contributed by atoms with E-state index in [-0.39, 0.29) is 6.10 Å². The van der Waals surface area contributed by atoms with E-state index in [4.69, 9.17) is 24.9 Å². The van der Waals surface area contributed by atoms with Crippen LogP contribution in [0.1, 0.15) is 123 Å². The van der Waals surface area contributed by atoms with Crippen molar-refractivity contribution in [3.8, 4) is 0 Å². The second-order valence-electron chi connectivity index (χ2n) is 13.6. The minimum atomic E-state index is -1.82. The zero-order chi connectivity index (χ0) is 32.3. The SMILES string of the molecule is CCCCCCCCCC(=O)O.C[C@]12CC[C@H](O)CC1=CC[C@@H]1[C@@H]2CC[C@]2(C)C(c3cccnc3)=CC[C@@H]12.O=C(O)C(=O)O. The molecule has 244 valence electrons. The number of aromatic nitrogens is 1. The Bertz CT molecular complexity index is 1170. The number of aliphatic hydroxyl groups is 1. The summed E-state index contributed by atoms with van der Waals surface area (Å²) in [5.41, 5.74) is 5.09. The predicted molar refractivity (Wildman–Crippen MR) is 171 cm³/mol. The van der Waals surface area contributed by atoms with Gasteiger partial charge in [0, 0.05) is 18.8 Å². The third-order valence-corrected chi connectivity index (χ3v) is 10.8. The number of carbonyl (C=O) groups is 3.